The van der Waals surface area contributed by atoms with Crippen LogP contribution in [0, 0.1) is 6.92 Å². The normalized spacial score (nSPS) is 17.6. The van der Waals surface area contributed by atoms with E-state index in [1.807, 2.05) is 12.3 Å². The van der Waals surface area contributed by atoms with Crippen LogP contribution in [0.15, 0.2) is 79.1 Å². The first-order valence-corrected chi connectivity index (χ1v) is 7.95. The summed E-state index contributed by atoms with van der Waals surface area (Å²) < 4.78 is 0. The minimum absolute atomic E-state index is 0.191. The molecule has 1 unspecified atom stereocenters. The number of benzene rings is 1. The summed E-state index contributed by atoms with van der Waals surface area (Å²) in [4.78, 5) is 4.55. The molecule has 0 N–H and O–H groups in total. The van der Waals surface area contributed by atoms with Crippen molar-refractivity contribution in [2.24, 2.45) is 0 Å². The Kier molecular flexibility index (Phi) is 4.68. The van der Waals surface area contributed by atoms with Crippen molar-refractivity contribution in [2.45, 2.75) is 19.3 Å². The Morgan fingerprint density at radius 3 is 2.87 bits per heavy atom. The summed E-state index contributed by atoms with van der Waals surface area (Å²) in [6.45, 7) is 6.34. The summed E-state index contributed by atoms with van der Waals surface area (Å²) >= 11 is 0. The lowest BCUT2D eigenvalue weighted by molar-refractivity contribution is 0.907. The zero-order chi connectivity index (χ0) is 16.1. The Morgan fingerprint density at radius 2 is 2.00 bits per heavy atom. The molecule has 0 saturated heterocycles. The number of hydrogen-bond acceptors (Lipinski definition) is 1. The topological polar surface area (TPSA) is 12.9 Å². The van der Waals surface area contributed by atoms with E-state index in [4.69, 9.17) is 0 Å². The van der Waals surface area contributed by atoms with E-state index in [1.54, 1.807) is 0 Å². The first-order valence-electron chi connectivity index (χ1n) is 7.95. The van der Waals surface area contributed by atoms with Crippen LogP contribution in [0.4, 0.5) is 0 Å². The van der Waals surface area contributed by atoms with Gasteiger partial charge in [-0.2, -0.15) is 0 Å². The van der Waals surface area contributed by atoms with E-state index in [-0.39, 0.29) is 5.92 Å². The third-order valence-electron chi connectivity index (χ3n) is 4.14. The monoisotopic (exact) mass is 299 g/mol. The maximum atomic E-state index is 4.55. The maximum absolute atomic E-state index is 4.55. The molecule has 0 aliphatic heterocycles. The summed E-state index contributed by atoms with van der Waals surface area (Å²) in [6, 6.07) is 12.6. The largest absolute Gasteiger partial charge is 0.260 e. The first kappa shape index (κ1) is 15.2. The highest BCUT2D eigenvalue weighted by atomic mass is 14.7. The van der Waals surface area contributed by atoms with Crippen LogP contribution >= 0.6 is 0 Å². The minimum Gasteiger partial charge on any atom is -0.260 e. The lowest BCUT2D eigenvalue weighted by atomic mass is 9.93. The van der Waals surface area contributed by atoms with Crippen LogP contribution in [0.2, 0.25) is 0 Å². The van der Waals surface area contributed by atoms with E-state index in [0.717, 1.165) is 17.7 Å². The Bertz CT molecular complexity index is 793. The second-order valence-corrected chi connectivity index (χ2v) is 5.86. The number of rotatable bonds is 3. The van der Waals surface area contributed by atoms with Gasteiger partial charge >= 0.3 is 0 Å². The Hall–Kier alpha value is -2.67. The number of aromatic nitrogens is 1. The molecular weight excluding hydrogens is 278 g/mol. The molecule has 1 aromatic carbocycles. The fourth-order valence-corrected chi connectivity index (χ4v) is 2.74. The average molecular weight is 299 g/mol. The van der Waals surface area contributed by atoms with Gasteiger partial charge < -0.3 is 0 Å². The predicted molar refractivity (Wildman–Crippen MR) is 99.1 cm³/mol. The highest BCUT2D eigenvalue weighted by Crippen LogP contribution is 2.28. The van der Waals surface area contributed by atoms with Gasteiger partial charge in [0.2, 0.25) is 0 Å². The van der Waals surface area contributed by atoms with E-state index in [1.165, 1.54) is 16.7 Å². The predicted octanol–water partition coefficient (Wildman–Crippen LogP) is 5.72. The van der Waals surface area contributed by atoms with E-state index in [0.29, 0.717) is 0 Å². The molecule has 1 atom stereocenters. The number of pyridine rings is 1. The number of aryl methyl sites for hydroxylation is 1. The van der Waals surface area contributed by atoms with Crippen LogP contribution in [0.5, 0.6) is 0 Å². The van der Waals surface area contributed by atoms with Gasteiger partial charge in [-0.1, -0.05) is 72.9 Å². The van der Waals surface area contributed by atoms with Crippen molar-refractivity contribution in [1.29, 1.82) is 0 Å². The van der Waals surface area contributed by atoms with Gasteiger partial charge in [-0.05, 0) is 42.2 Å². The zero-order valence-electron chi connectivity index (χ0n) is 13.4. The zero-order valence-corrected chi connectivity index (χ0v) is 13.4. The van der Waals surface area contributed by atoms with Gasteiger partial charge in [0.15, 0.2) is 0 Å². The second-order valence-electron chi connectivity index (χ2n) is 5.86. The highest BCUT2D eigenvalue weighted by molar-refractivity contribution is 5.71. The Morgan fingerprint density at radius 1 is 1.13 bits per heavy atom. The van der Waals surface area contributed by atoms with Crippen molar-refractivity contribution >= 4 is 12.2 Å². The summed E-state index contributed by atoms with van der Waals surface area (Å²) in [6.07, 6.45) is 15.6. The van der Waals surface area contributed by atoms with Crippen LogP contribution in [0.25, 0.3) is 12.2 Å². The van der Waals surface area contributed by atoms with Crippen LogP contribution in [0.1, 0.15) is 34.7 Å². The number of nitrogens with zero attached hydrogens (tertiary/aromatic N) is 1. The molecule has 0 bridgehead atoms. The van der Waals surface area contributed by atoms with E-state index in [9.17, 15) is 0 Å². The molecule has 1 heteroatoms. The minimum atomic E-state index is 0.191. The summed E-state index contributed by atoms with van der Waals surface area (Å²) in [5.74, 6) is 0.191. The fraction of sp³-hybridized carbons (Fsp3) is 0.136. The molecule has 0 amide bonds. The lowest BCUT2D eigenvalue weighted by Gasteiger charge is -2.13. The van der Waals surface area contributed by atoms with Gasteiger partial charge in [-0.3, -0.25) is 4.98 Å². The summed E-state index contributed by atoms with van der Waals surface area (Å²) in [5.41, 5.74) is 5.93. The molecule has 1 heterocycles. The van der Waals surface area contributed by atoms with Gasteiger partial charge in [0, 0.05) is 12.1 Å². The van der Waals surface area contributed by atoms with Crippen molar-refractivity contribution < 1.29 is 0 Å². The molecule has 1 aliphatic carbocycles. The van der Waals surface area contributed by atoms with Crippen molar-refractivity contribution in [2.75, 3.05) is 0 Å². The summed E-state index contributed by atoms with van der Waals surface area (Å²) in [7, 11) is 0. The molecular formula is C22H21N. The SMILES string of the molecule is C=C1CC=CC=CC1c1cc(/C=C\c2ccccc2C)ccn1. The third kappa shape index (κ3) is 3.75. The Labute approximate surface area is 138 Å². The molecule has 0 spiro atoms. The van der Waals surface area contributed by atoms with Gasteiger partial charge in [-0.25, -0.2) is 0 Å². The molecule has 114 valence electrons. The Balaban J connectivity index is 1.85. The highest BCUT2D eigenvalue weighted by Gasteiger charge is 2.13. The van der Waals surface area contributed by atoms with Gasteiger partial charge in [0.1, 0.15) is 0 Å². The smallest absolute Gasteiger partial charge is 0.0519 e. The van der Waals surface area contributed by atoms with Crippen molar-refractivity contribution in [1.82, 2.24) is 4.98 Å². The molecule has 23 heavy (non-hydrogen) atoms. The molecule has 0 fully saturated rings. The second kappa shape index (κ2) is 7.06. The van der Waals surface area contributed by atoms with Crippen molar-refractivity contribution in [3.05, 3.63) is 101 Å². The van der Waals surface area contributed by atoms with Crippen LogP contribution in [-0.4, -0.2) is 4.98 Å². The van der Waals surface area contributed by atoms with Crippen molar-refractivity contribution in [3.63, 3.8) is 0 Å². The van der Waals surface area contributed by atoms with Gasteiger partial charge in [0.25, 0.3) is 0 Å². The standard InChI is InChI=1S/C22H21N/c1-17-8-6-7-10-20(17)13-12-19-14-15-23-22(16-19)21-11-5-3-4-9-18(21)2/h3-8,10-16,21H,2,9H2,1H3/b13-12-. The van der Waals surface area contributed by atoms with E-state index < -0.39 is 0 Å². The molecule has 3 rings (SSSR count). The van der Waals surface area contributed by atoms with Crippen LogP contribution < -0.4 is 0 Å². The van der Waals surface area contributed by atoms with Crippen LogP contribution in [-0.2, 0) is 0 Å². The molecule has 1 aliphatic rings. The molecule has 0 radical (unpaired) electrons. The molecule has 1 nitrogen and oxygen atoms in total. The van der Waals surface area contributed by atoms with Crippen LogP contribution in [0.3, 0.4) is 0 Å². The lowest BCUT2D eigenvalue weighted by Crippen LogP contribution is -2.00. The van der Waals surface area contributed by atoms with E-state index >= 15 is 0 Å². The molecule has 1 aromatic heterocycles. The summed E-state index contributed by atoms with van der Waals surface area (Å²) in [5, 5.41) is 0. The number of hydrogen-bond donors (Lipinski definition) is 0. The average Bonchev–Trinajstić information content (AvgIpc) is 2.79. The molecule has 2 aromatic rings. The maximum Gasteiger partial charge on any atom is 0.0519 e. The van der Waals surface area contributed by atoms with Gasteiger partial charge in [0.05, 0.1) is 5.69 Å². The first-order chi connectivity index (χ1) is 11.2. The number of allylic oxidation sites excluding steroid dienone is 5. The molecule has 0 saturated carbocycles. The van der Waals surface area contributed by atoms with Gasteiger partial charge in [-0.15, -0.1) is 0 Å². The quantitative estimate of drug-likeness (QED) is 0.661. The van der Waals surface area contributed by atoms with Crippen molar-refractivity contribution in [3.8, 4) is 0 Å². The third-order valence-corrected chi connectivity index (χ3v) is 4.14. The fourth-order valence-electron chi connectivity index (χ4n) is 2.74. The van der Waals surface area contributed by atoms with E-state index in [2.05, 4.69) is 85.3 Å².